The Kier molecular flexibility index (Phi) is 3.76. The molecule has 0 spiro atoms. The number of likely N-dealkylation sites (tertiary alicyclic amines) is 1. The maximum absolute atomic E-state index is 12.8. The van der Waals surface area contributed by atoms with E-state index in [2.05, 4.69) is 28.4 Å². The lowest BCUT2D eigenvalue weighted by atomic mass is 9.96. The second-order valence-electron chi connectivity index (χ2n) is 6.46. The van der Waals surface area contributed by atoms with Crippen LogP contribution in [0.3, 0.4) is 0 Å². The second-order valence-corrected chi connectivity index (χ2v) is 6.46. The number of aromatic nitrogens is 5. The summed E-state index contributed by atoms with van der Waals surface area (Å²) in [7, 11) is 0. The summed E-state index contributed by atoms with van der Waals surface area (Å²) < 4.78 is 3.79. The Hall–Kier alpha value is -2.70. The highest BCUT2D eigenvalue weighted by atomic mass is 16.2. The molecular weight excluding hydrogens is 304 g/mol. The molecule has 4 heterocycles. The number of nitrogens with zero attached hydrogens (tertiary/aromatic N) is 6. The zero-order chi connectivity index (χ0) is 16.5. The first-order chi connectivity index (χ1) is 11.7. The van der Waals surface area contributed by atoms with Crippen molar-refractivity contribution in [1.29, 1.82) is 0 Å². The first kappa shape index (κ1) is 14.9. The van der Waals surface area contributed by atoms with Crippen LogP contribution in [0.4, 0.5) is 0 Å². The van der Waals surface area contributed by atoms with E-state index in [0.29, 0.717) is 17.1 Å². The molecule has 0 aromatic carbocycles. The molecule has 24 heavy (non-hydrogen) atoms. The highest BCUT2D eigenvalue weighted by molar-refractivity contribution is 5.99. The minimum absolute atomic E-state index is 0.0435. The summed E-state index contributed by atoms with van der Waals surface area (Å²) in [6.45, 7) is 4.53. The van der Waals surface area contributed by atoms with Crippen LogP contribution in [-0.4, -0.2) is 48.3 Å². The topological polar surface area (TPSA) is 68.3 Å². The molecule has 7 nitrogen and oxygen atoms in total. The number of carbonyl (C=O) groups is 1. The van der Waals surface area contributed by atoms with Gasteiger partial charge in [-0.25, -0.2) is 0 Å². The number of hydrogen-bond acceptors (Lipinski definition) is 4. The van der Waals surface area contributed by atoms with E-state index in [1.54, 1.807) is 10.7 Å². The second kappa shape index (κ2) is 6.07. The van der Waals surface area contributed by atoms with Crippen molar-refractivity contribution in [2.45, 2.75) is 26.3 Å². The Morgan fingerprint density at radius 2 is 2.17 bits per heavy atom. The lowest BCUT2D eigenvalue weighted by molar-refractivity contribution is 0.0682. The summed E-state index contributed by atoms with van der Waals surface area (Å²) in [5, 5.41) is 12.3. The molecule has 0 atom stereocenters. The van der Waals surface area contributed by atoms with Crippen molar-refractivity contribution in [3.63, 3.8) is 0 Å². The Morgan fingerprint density at radius 1 is 1.33 bits per heavy atom. The van der Waals surface area contributed by atoms with Crippen LogP contribution in [0.15, 0.2) is 37.1 Å². The van der Waals surface area contributed by atoms with E-state index < -0.39 is 0 Å². The zero-order valence-electron chi connectivity index (χ0n) is 13.7. The Bertz CT molecular complexity index is 859. The van der Waals surface area contributed by atoms with Gasteiger partial charge in [0.15, 0.2) is 5.65 Å². The van der Waals surface area contributed by atoms with E-state index in [1.807, 2.05) is 34.1 Å². The van der Waals surface area contributed by atoms with Crippen LogP contribution < -0.4 is 0 Å². The van der Waals surface area contributed by atoms with Crippen molar-refractivity contribution < 1.29 is 4.79 Å². The standard InChI is InChI=1S/C17H20N6O/c1-13-9-19-23(10-13)11-14-4-7-21(8-5-14)17(24)15-3-2-6-22-12-18-20-16(15)22/h2-3,6,9-10,12,14H,4-5,7-8,11H2,1H3. The van der Waals surface area contributed by atoms with Crippen LogP contribution in [-0.2, 0) is 6.54 Å². The molecule has 0 radical (unpaired) electrons. The minimum Gasteiger partial charge on any atom is -0.339 e. The van der Waals surface area contributed by atoms with E-state index in [1.165, 1.54) is 5.56 Å². The van der Waals surface area contributed by atoms with Crippen LogP contribution in [0.2, 0.25) is 0 Å². The normalized spacial score (nSPS) is 16.0. The number of hydrogen-bond donors (Lipinski definition) is 0. The van der Waals surface area contributed by atoms with Gasteiger partial charge in [0.2, 0.25) is 0 Å². The van der Waals surface area contributed by atoms with Crippen LogP contribution in [0.25, 0.3) is 5.65 Å². The molecule has 0 aliphatic carbocycles. The summed E-state index contributed by atoms with van der Waals surface area (Å²) in [4.78, 5) is 14.7. The lowest BCUT2D eigenvalue weighted by Crippen LogP contribution is -2.39. The van der Waals surface area contributed by atoms with Gasteiger partial charge in [-0.1, -0.05) is 0 Å². The Labute approximate surface area is 139 Å². The van der Waals surface area contributed by atoms with E-state index in [-0.39, 0.29) is 5.91 Å². The zero-order valence-corrected chi connectivity index (χ0v) is 13.7. The third-order valence-corrected chi connectivity index (χ3v) is 4.66. The fraction of sp³-hybridized carbons (Fsp3) is 0.412. The summed E-state index contributed by atoms with van der Waals surface area (Å²) in [5.41, 5.74) is 2.43. The molecule has 4 rings (SSSR count). The molecule has 3 aromatic rings. The van der Waals surface area contributed by atoms with Crippen molar-refractivity contribution in [1.82, 2.24) is 29.3 Å². The molecule has 124 valence electrons. The Morgan fingerprint density at radius 3 is 2.92 bits per heavy atom. The number of carbonyl (C=O) groups excluding carboxylic acids is 1. The van der Waals surface area contributed by atoms with Gasteiger partial charge in [-0.05, 0) is 43.4 Å². The van der Waals surface area contributed by atoms with Crippen molar-refractivity contribution in [2.75, 3.05) is 13.1 Å². The molecule has 0 N–H and O–H groups in total. The number of fused-ring (bicyclic) bond motifs is 1. The van der Waals surface area contributed by atoms with Gasteiger partial charge >= 0.3 is 0 Å². The molecule has 1 saturated heterocycles. The minimum atomic E-state index is 0.0435. The quantitative estimate of drug-likeness (QED) is 0.736. The molecule has 0 bridgehead atoms. The summed E-state index contributed by atoms with van der Waals surface area (Å²) >= 11 is 0. The molecule has 0 saturated carbocycles. The number of rotatable bonds is 3. The number of aryl methyl sites for hydroxylation is 1. The first-order valence-electron chi connectivity index (χ1n) is 8.27. The van der Waals surface area contributed by atoms with Gasteiger partial charge in [-0.2, -0.15) is 5.10 Å². The molecule has 1 fully saturated rings. The SMILES string of the molecule is Cc1cnn(CC2CCN(C(=O)c3cccn4cnnc34)CC2)c1. The maximum atomic E-state index is 12.8. The first-order valence-corrected chi connectivity index (χ1v) is 8.27. The van der Waals surface area contributed by atoms with Gasteiger partial charge in [0.1, 0.15) is 6.33 Å². The number of pyridine rings is 1. The van der Waals surface area contributed by atoms with Crippen LogP contribution in [0.1, 0.15) is 28.8 Å². The highest BCUT2D eigenvalue weighted by Crippen LogP contribution is 2.21. The number of amides is 1. The molecule has 1 amide bonds. The van der Waals surface area contributed by atoms with Gasteiger partial charge in [0, 0.05) is 32.0 Å². The molecule has 7 heteroatoms. The predicted molar refractivity (Wildman–Crippen MR) is 88.6 cm³/mol. The van der Waals surface area contributed by atoms with E-state index in [9.17, 15) is 4.79 Å². The van der Waals surface area contributed by atoms with E-state index in [4.69, 9.17) is 0 Å². The smallest absolute Gasteiger partial charge is 0.257 e. The van der Waals surface area contributed by atoms with E-state index >= 15 is 0 Å². The van der Waals surface area contributed by atoms with Gasteiger partial charge in [-0.3, -0.25) is 13.9 Å². The molecular formula is C17H20N6O. The molecule has 0 unspecified atom stereocenters. The number of piperidine rings is 1. The van der Waals surface area contributed by atoms with Gasteiger partial charge < -0.3 is 4.90 Å². The summed E-state index contributed by atoms with van der Waals surface area (Å²) in [6.07, 6.45) is 9.43. The predicted octanol–water partition coefficient (Wildman–Crippen LogP) is 1.79. The molecule has 3 aromatic heterocycles. The van der Waals surface area contributed by atoms with E-state index in [0.717, 1.165) is 32.5 Å². The third kappa shape index (κ3) is 2.77. The lowest BCUT2D eigenvalue weighted by Gasteiger charge is -2.32. The van der Waals surface area contributed by atoms with Gasteiger partial charge in [0.05, 0.1) is 11.8 Å². The van der Waals surface area contributed by atoms with Crippen molar-refractivity contribution in [2.24, 2.45) is 5.92 Å². The monoisotopic (exact) mass is 324 g/mol. The third-order valence-electron chi connectivity index (χ3n) is 4.66. The average Bonchev–Trinajstić information content (AvgIpc) is 3.23. The van der Waals surface area contributed by atoms with Gasteiger partial charge in [-0.15, -0.1) is 10.2 Å². The largest absolute Gasteiger partial charge is 0.339 e. The van der Waals surface area contributed by atoms with Crippen LogP contribution in [0, 0.1) is 12.8 Å². The maximum Gasteiger partial charge on any atom is 0.257 e. The van der Waals surface area contributed by atoms with Crippen LogP contribution >= 0.6 is 0 Å². The molecule has 1 aliphatic heterocycles. The highest BCUT2D eigenvalue weighted by Gasteiger charge is 2.25. The van der Waals surface area contributed by atoms with Crippen molar-refractivity contribution in [3.8, 4) is 0 Å². The van der Waals surface area contributed by atoms with Crippen molar-refractivity contribution >= 4 is 11.6 Å². The van der Waals surface area contributed by atoms with Gasteiger partial charge in [0.25, 0.3) is 5.91 Å². The summed E-state index contributed by atoms with van der Waals surface area (Å²) in [6, 6.07) is 3.68. The fourth-order valence-electron chi connectivity index (χ4n) is 3.34. The summed E-state index contributed by atoms with van der Waals surface area (Å²) in [5.74, 6) is 0.610. The average molecular weight is 324 g/mol. The van der Waals surface area contributed by atoms with Crippen LogP contribution in [0.5, 0.6) is 0 Å². The molecule has 1 aliphatic rings. The fourth-order valence-corrected chi connectivity index (χ4v) is 3.34. The van der Waals surface area contributed by atoms with Crippen molar-refractivity contribution in [3.05, 3.63) is 48.2 Å². The Balaban J connectivity index is 1.42.